The summed E-state index contributed by atoms with van der Waals surface area (Å²) >= 11 is 0. The van der Waals surface area contributed by atoms with Gasteiger partial charge in [-0.1, -0.05) is 6.07 Å². The summed E-state index contributed by atoms with van der Waals surface area (Å²) in [5, 5.41) is 2.89. The van der Waals surface area contributed by atoms with Gasteiger partial charge in [0, 0.05) is 51.0 Å². The molecule has 3 heterocycles. The predicted molar refractivity (Wildman–Crippen MR) is 91.1 cm³/mol. The Morgan fingerprint density at radius 2 is 2.08 bits per heavy atom. The van der Waals surface area contributed by atoms with Gasteiger partial charge in [-0.05, 0) is 23.8 Å². The highest BCUT2D eigenvalue weighted by Gasteiger charge is 2.08. The minimum atomic E-state index is -0.157. The molecule has 0 saturated carbocycles. The summed E-state index contributed by atoms with van der Waals surface area (Å²) in [4.78, 5) is 26.8. The Morgan fingerprint density at radius 3 is 2.75 bits per heavy atom. The molecule has 0 bridgehead atoms. The zero-order valence-electron chi connectivity index (χ0n) is 13.5. The van der Waals surface area contributed by atoms with Crippen molar-refractivity contribution < 1.29 is 4.79 Å². The fraction of sp³-hybridized carbons (Fsp3) is 0.176. The quantitative estimate of drug-likeness (QED) is 0.773. The van der Waals surface area contributed by atoms with Crippen LogP contribution in [0.2, 0.25) is 0 Å². The van der Waals surface area contributed by atoms with Crippen LogP contribution in [0.1, 0.15) is 15.9 Å². The predicted octanol–water partition coefficient (Wildman–Crippen LogP) is 1.66. The van der Waals surface area contributed by atoms with Crippen molar-refractivity contribution in [1.82, 2.24) is 24.8 Å². The first-order valence-corrected chi connectivity index (χ1v) is 7.48. The van der Waals surface area contributed by atoms with Gasteiger partial charge >= 0.3 is 0 Å². The summed E-state index contributed by atoms with van der Waals surface area (Å²) < 4.78 is 1.75. The fourth-order valence-electron chi connectivity index (χ4n) is 2.17. The summed E-state index contributed by atoms with van der Waals surface area (Å²) in [6.07, 6.45) is 8.46. The Kier molecular flexibility index (Phi) is 4.51. The molecule has 7 heteroatoms. The maximum Gasteiger partial charge on any atom is 0.251 e. The van der Waals surface area contributed by atoms with Crippen LogP contribution in [0.3, 0.4) is 0 Å². The van der Waals surface area contributed by atoms with Crippen LogP contribution in [-0.4, -0.2) is 39.5 Å². The molecule has 0 aliphatic heterocycles. The molecular formula is C17H18N6O. The second-order valence-electron chi connectivity index (χ2n) is 5.47. The van der Waals surface area contributed by atoms with Gasteiger partial charge in [0.05, 0.1) is 0 Å². The van der Waals surface area contributed by atoms with E-state index in [-0.39, 0.29) is 5.91 Å². The average molecular weight is 322 g/mol. The third kappa shape index (κ3) is 3.57. The number of amides is 1. The number of anilines is 1. The number of carbonyl (C=O) groups excluding carboxylic acids is 1. The number of nitrogens with one attached hydrogen (secondary N) is 1. The lowest BCUT2D eigenvalue weighted by atomic mass is 10.2. The highest BCUT2D eigenvalue weighted by Crippen LogP contribution is 2.09. The molecule has 0 spiro atoms. The van der Waals surface area contributed by atoms with Gasteiger partial charge < -0.3 is 10.2 Å². The standard InChI is InChI=1S/C17H18N6O/c1-22(2)15-4-3-13(10-20-15)11-21-17(24)14-5-6-19-16(9-14)23-8-7-18-12-23/h3-10,12H,11H2,1-2H3,(H,21,24). The van der Waals surface area contributed by atoms with Gasteiger partial charge in [0.25, 0.3) is 5.91 Å². The van der Waals surface area contributed by atoms with Crippen molar-refractivity contribution in [2.75, 3.05) is 19.0 Å². The van der Waals surface area contributed by atoms with Crippen LogP contribution >= 0.6 is 0 Å². The number of rotatable bonds is 5. The van der Waals surface area contributed by atoms with E-state index in [9.17, 15) is 4.79 Å². The van der Waals surface area contributed by atoms with Crippen LogP contribution < -0.4 is 10.2 Å². The molecule has 7 nitrogen and oxygen atoms in total. The van der Waals surface area contributed by atoms with Gasteiger partial charge in [0.15, 0.2) is 0 Å². The molecule has 0 radical (unpaired) electrons. The van der Waals surface area contributed by atoms with Gasteiger partial charge in [-0.25, -0.2) is 15.0 Å². The first kappa shape index (κ1) is 15.7. The lowest BCUT2D eigenvalue weighted by Crippen LogP contribution is -2.23. The van der Waals surface area contributed by atoms with Gasteiger partial charge in [0.1, 0.15) is 18.0 Å². The topological polar surface area (TPSA) is 75.9 Å². The Bertz CT molecular complexity index is 811. The second-order valence-corrected chi connectivity index (χ2v) is 5.47. The largest absolute Gasteiger partial charge is 0.363 e. The van der Waals surface area contributed by atoms with E-state index in [0.29, 0.717) is 17.9 Å². The van der Waals surface area contributed by atoms with Crippen LogP contribution in [0.15, 0.2) is 55.4 Å². The maximum absolute atomic E-state index is 12.3. The van der Waals surface area contributed by atoms with E-state index >= 15 is 0 Å². The van der Waals surface area contributed by atoms with Crippen LogP contribution in [0.5, 0.6) is 0 Å². The molecule has 0 fully saturated rings. The smallest absolute Gasteiger partial charge is 0.251 e. The molecule has 0 aromatic carbocycles. The first-order chi connectivity index (χ1) is 11.6. The van der Waals surface area contributed by atoms with Crippen molar-refractivity contribution in [1.29, 1.82) is 0 Å². The van der Waals surface area contributed by atoms with E-state index < -0.39 is 0 Å². The zero-order valence-corrected chi connectivity index (χ0v) is 13.5. The summed E-state index contributed by atoms with van der Waals surface area (Å²) in [6, 6.07) is 7.28. The Labute approximate surface area is 140 Å². The summed E-state index contributed by atoms with van der Waals surface area (Å²) in [5.74, 6) is 1.37. The highest BCUT2D eigenvalue weighted by molar-refractivity contribution is 5.94. The van der Waals surface area contributed by atoms with E-state index in [0.717, 1.165) is 11.4 Å². The summed E-state index contributed by atoms with van der Waals surface area (Å²) in [7, 11) is 3.87. The van der Waals surface area contributed by atoms with Gasteiger partial charge in [-0.15, -0.1) is 0 Å². The molecule has 0 aliphatic carbocycles. The van der Waals surface area contributed by atoms with E-state index in [1.165, 1.54) is 0 Å². The molecule has 1 N–H and O–H groups in total. The Hall–Kier alpha value is -3.22. The van der Waals surface area contributed by atoms with Crippen molar-refractivity contribution in [2.24, 2.45) is 0 Å². The summed E-state index contributed by atoms with van der Waals surface area (Å²) in [5.41, 5.74) is 1.49. The molecule has 0 saturated heterocycles. The number of pyridine rings is 2. The highest BCUT2D eigenvalue weighted by atomic mass is 16.1. The third-order valence-electron chi connectivity index (χ3n) is 3.50. The normalized spacial score (nSPS) is 10.4. The van der Waals surface area contributed by atoms with Crippen LogP contribution in [0.25, 0.3) is 5.82 Å². The Morgan fingerprint density at radius 1 is 1.21 bits per heavy atom. The van der Waals surface area contributed by atoms with Crippen molar-refractivity contribution in [3.05, 3.63) is 66.5 Å². The Balaban J connectivity index is 1.66. The van der Waals surface area contributed by atoms with Crippen LogP contribution in [0, 0.1) is 0 Å². The van der Waals surface area contributed by atoms with Gasteiger partial charge in [-0.3, -0.25) is 9.36 Å². The number of nitrogens with zero attached hydrogens (tertiary/aromatic N) is 5. The monoisotopic (exact) mass is 322 g/mol. The number of imidazole rings is 1. The molecule has 0 atom stereocenters. The van der Waals surface area contributed by atoms with Gasteiger partial charge in [0.2, 0.25) is 0 Å². The molecule has 122 valence electrons. The van der Waals surface area contributed by atoms with Crippen molar-refractivity contribution in [3.8, 4) is 5.82 Å². The first-order valence-electron chi connectivity index (χ1n) is 7.48. The molecule has 0 unspecified atom stereocenters. The minimum absolute atomic E-state index is 0.157. The second kappa shape index (κ2) is 6.91. The fourth-order valence-corrected chi connectivity index (χ4v) is 2.17. The van der Waals surface area contributed by atoms with Crippen LogP contribution in [-0.2, 0) is 6.54 Å². The molecular weight excluding hydrogens is 304 g/mol. The van der Waals surface area contributed by atoms with E-state index in [4.69, 9.17) is 0 Å². The zero-order chi connectivity index (χ0) is 16.9. The SMILES string of the molecule is CN(C)c1ccc(CNC(=O)c2ccnc(-n3ccnc3)c2)cn1. The number of hydrogen-bond donors (Lipinski definition) is 1. The lowest BCUT2D eigenvalue weighted by Gasteiger charge is -2.11. The van der Waals surface area contributed by atoms with Crippen LogP contribution in [0.4, 0.5) is 5.82 Å². The molecule has 3 aromatic heterocycles. The average Bonchev–Trinajstić information content (AvgIpc) is 3.15. The summed E-state index contributed by atoms with van der Waals surface area (Å²) in [6.45, 7) is 0.419. The number of aromatic nitrogens is 4. The maximum atomic E-state index is 12.3. The van der Waals surface area contributed by atoms with E-state index in [2.05, 4.69) is 20.3 Å². The molecule has 24 heavy (non-hydrogen) atoms. The molecule has 3 aromatic rings. The van der Waals surface area contributed by atoms with Gasteiger partial charge in [-0.2, -0.15) is 0 Å². The molecule has 0 aliphatic rings. The lowest BCUT2D eigenvalue weighted by molar-refractivity contribution is 0.0950. The van der Waals surface area contributed by atoms with E-state index in [1.54, 1.807) is 47.8 Å². The minimum Gasteiger partial charge on any atom is -0.363 e. The third-order valence-corrected chi connectivity index (χ3v) is 3.50. The molecule has 1 amide bonds. The van der Waals surface area contributed by atoms with E-state index in [1.807, 2.05) is 31.1 Å². The molecule has 3 rings (SSSR count). The number of carbonyl (C=O) groups is 1. The van der Waals surface area contributed by atoms with Crippen molar-refractivity contribution in [2.45, 2.75) is 6.54 Å². The van der Waals surface area contributed by atoms with Crippen molar-refractivity contribution in [3.63, 3.8) is 0 Å². The van der Waals surface area contributed by atoms with Crippen molar-refractivity contribution >= 4 is 11.7 Å². The number of hydrogen-bond acceptors (Lipinski definition) is 5.